The summed E-state index contributed by atoms with van der Waals surface area (Å²) in [5, 5.41) is 0. The molecule has 112 valence electrons. The summed E-state index contributed by atoms with van der Waals surface area (Å²) >= 11 is 0. The van der Waals surface area contributed by atoms with Gasteiger partial charge in [0.05, 0.1) is 18.4 Å². The highest BCUT2D eigenvalue weighted by Gasteiger charge is 2.29. The number of anilines is 1. The lowest BCUT2D eigenvalue weighted by Gasteiger charge is -2.11. The lowest BCUT2D eigenvalue weighted by Crippen LogP contribution is -2.05. The fourth-order valence-corrected chi connectivity index (χ4v) is 1.74. The van der Waals surface area contributed by atoms with Crippen molar-refractivity contribution >= 4 is 5.69 Å². The van der Waals surface area contributed by atoms with Crippen molar-refractivity contribution in [3.63, 3.8) is 0 Å². The minimum absolute atomic E-state index is 0.134. The van der Waals surface area contributed by atoms with Gasteiger partial charge in [-0.3, -0.25) is 0 Å². The van der Waals surface area contributed by atoms with Gasteiger partial charge in [-0.1, -0.05) is 12.1 Å². The number of methoxy groups -OCH3 is 1. The SMILES string of the molecule is COc1ccc(OCc2ccc(C(F)(F)F)cc2)c(N)c1. The van der Waals surface area contributed by atoms with Crippen LogP contribution >= 0.6 is 0 Å². The molecule has 0 heterocycles. The molecule has 0 aliphatic rings. The average molecular weight is 297 g/mol. The number of nitrogens with two attached hydrogens (primary N) is 1. The largest absolute Gasteiger partial charge is 0.497 e. The average Bonchev–Trinajstić information content (AvgIpc) is 2.45. The Morgan fingerprint density at radius 2 is 1.71 bits per heavy atom. The number of rotatable bonds is 4. The van der Waals surface area contributed by atoms with Gasteiger partial charge in [0, 0.05) is 6.07 Å². The van der Waals surface area contributed by atoms with Crippen LogP contribution < -0.4 is 15.2 Å². The topological polar surface area (TPSA) is 44.5 Å². The molecule has 0 spiro atoms. The van der Waals surface area contributed by atoms with E-state index in [0.717, 1.165) is 12.1 Å². The Morgan fingerprint density at radius 1 is 1.05 bits per heavy atom. The minimum Gasteiger partial charge on any atom is -0.497 e. The standard InChI is InChI=1S/C15H14F3NO2/c1-20-12-6-7-14(13(19)8-12)21-9-10-2-4-11(5-3-10)15(16,17)18/h2-8H,9,19H2,1H3. The monoisotopic (exact) mass is 297 g/mol. The van der Waals surface area contributed by atoms with Crippen LogP contribution in [0.4, 0.5) is 18.9 Å². The first kappa shape index (κ1) is 15.0. The molecule has 0 aliphatic carbocycles. The molecule has 2 N–H and O–H groups in total. The van der Waals surface area contributed by atoms with E-state index in [4.69, 9.17) is 15.2 Å². The third kappa shape index (κ3) is 3.81. The summed E-state index contributed by atoms with van der Waals surface area (Å²) in [5.41, 5.74) is 6.13. The molecule has 3 nitrogen and oxygen atoms in total. The maximum absolute atomic E-state index is 12.4. The number of alkyl halides is 3. The third-order valence-electron chi connectivity index (χ3n) is 2.89. The second kappa shape index (κ2) is 5.95. The summed E-state index contributed by atoms with van der Waals surface area (Å²) in [4.78, 5) is 0. The molecule has 0 bridgehead atoms. The van der Waals surface area contributed by atoms with Crippen LogP contribution in [0.3, 0.4) is 0 Å². The molecule has 0 unspecified atom stereocenters. The molecule has 0 aliphatic heterocycles. The Kier molecular flexibility index (Phi) is 4.26. The quantitative estimate of drug-likeness (QED) is 0.871. The highest BCUT2D eigenvalue weighted by Crippen LogP contribution is 2.30. The zero-order valence-corrected chi connectivity index (χ0v) is 11.3. The Bertz CT molecular complexity index is 609. The van der Waals surface area contributed by atoms with E-state index in [1.807, 2.05) is 0 Å². The van der Waals surface area contributed by atoms with E-state index in [9.17, 15) is 13.2 Å². The van der Waals surface area contributed by atoms with E-state index in [-0.39, 0.29) is 6.61 Å². The Labute approximate surface area is 120 Å². The predicted octanol–water partition coefficient (Wildman–Crippen LogP) is 3.88. The van der Waals surface area contributed by atoms with Gasteiger partial charge in [0.2, 0.25) is 0 Å². The molecule has 0 radical (unpaired) electrons. The van der Waals surface area contributed by atoms with Crippen molar-refractivity contribution in [2.45, 2.75) is 12.8 Å². The van der Waals surface area contributed by atoms with Gasteiger partial charge in [-0.15, -0.1) is 0 Å². The molecule has 2 aromatic carbocycles. The molecule has 2 rings (SSSR count). The maximum atomic E-state index is 12.4. The predicted molar refractivity (Wildman–Crippen MR) is 73.2 cm³/mol. The Morgan fingerprint density at radius 3 is 2.24 bits per heavy atom. The normalized spacial score (nSPS) is 11.2. The fraction of sp³-hybridized carbons (Fsp3) is 0.200. The van der Waals surface area contributed by atoms with Crippen molar-refractivity contribution in [3.05, 3.63) is 53.6 Å². The first-order valence-electron chi connectivity index (χ1n) is 6.12. The van der Waals surface area contributed by atoms with Gasteiger partial charge in [-0.2, -0.15) is 13.2 Å². The highest BCUT2D eigenvalue weighted by atomic mass is 19.4. The van der Waals surface area contributed by atoms with E-state index in [0.29, 0.717) is 22.7 Å². The van der Waals surface area contributed by atoms with Crippen molar-refractivity contribution in [2.75, 3.05) is 12.8 Å². The molecule has 0 saturated heterocycles. The molecular weight excluding hydrogens is 283 g/mol. The van der Waals surface area contributed by atoms with E-state index < -0.39 is 11.7 Å². The number of halogens is 3. The van der Waals surface area contributed by atoms with Crippen LogP contribution in [-0.4, -0.2) is 7.11 Å². The lowest BCUT2D eigenvalue weighted by molar-refractivity contribution is -0.137. The van der Waals surface area contributed by atoms with Crippen LogP contribution in [0.2, 0.25) is 0 Å². The van der Waals surface area contributed by atoms with Crippen molar-refractivity contribution in [2.24, 2.45) is 0 Å². The first-order chi connectivity index (χ1) is 9.90. The van der Waals surface area contributed by atoms with Gasteiger partial charge in [-0.25, -0.2) is 0 Å². The number of benzene rings is 2. The van der Waals surface area contributed by atoms with Crippen LogP contribution in [0.1, 0.15) is 11.1 Å². The van der Waals surface area contributed by atoms with E-state index in [1.54, 1.807) is 18.2 Å². The van der Waals surface area contributed by atoms with Gasteiger partial charge < -0.3 is 15.2 Å². The Balaban J connectivity index is 2.03. The van der Waals surface area contributed by atoms with Gasteiger partial charge in [0.25, 0.3) is 0 Å². The van der Waals surface area contributed by atoms with Crippen molar-refractivity contribution < 1.29 is 22.6 Å². The van der Waals surface area contributed by atoms with Gasteiger partial charge in [0.1, 0.15) is 18.1 Å². The molecule has 0 aromatic heterocycles. The summed E-state index contributed by atoms with van der Waals surface area (Å²) < 4.78 is 47.8. The van der Waals surface area contributed by atoms with Gasteiger partial charge >= 0.3 is 6.18 Å². The van der Waals surface area contributed by atoms with Crippen LogP contribution in [0.15, 0.2) is 42.5 Å². The molecule has 0 amide bonds. The van der Waals surface area contributed by atoms with Crippen LogP contribution in [-0.2, 0) is 12.8 Å². The summed E-state index contributed by atoms with van der Waals surface area (Å²) in [6.07, 6.45) is -4.33. The summed E-state index contributed by atoms with van der Waals surface area (Å²) in [7, 11) is 1.53. The molecule has 6 heteroatoms. The summed E-state index contributed by atoms with van der Waals surface area (Å²) in [6.45, 7) is 0.134. The molecule has 0 fully saturated rings. The second-order valence-electron chi connectivity index (χ2n) is 4.39. The summed E-state index contributed by atoms with van der Waals surface area (Å²) in [6, 6.07) is 9.76. The summed E-state index contributed by atoms with van der Waals surface area (Å²) in [5.74, 6) is 1.06. The second-order valence-corrected chi connectivity index (χ2v) is 4.39. The van der Waals surface area contributed by atoms with Crippen LogP contribution in [0.5, 0.6) is 11.5 Å². The van der Waals surface area contributed by atoms with Crippen LogP contribution in [0.25, 0.3) is 0 Å². The van der Waals surface area contributed by atoms with Crippen molar-refractivity contribution in [1.29, 1.82) is 0 Å². The van der Waals surface area contributed by atoms with Crippen molar-refractivity contribution in [1.82, 2.24) is 0 Å². The zero-order valence-electron chi connectivity index (χ0n) is 11.3. The molecule has 2 aromatic rings. The number of nitrogen functional groups attached to an aromatic ring is 1. The van der Waals surface area contributed by atoms with Gasteiger partial charge in [-0.05, 0) is 29.8 Å². The minimum atomic E-state index is -4.33. The zero-order chi connectivity index (χ0) is 15.5. The smallest absolute Gasteiger partial charge is 0.416 e. The third-order valence-corrected chi connectivity index (χ3v) is 2.89. The maximum Gasteiger partial charge on any atom is 0.416 e. The highest BCUT2D eigenvalue weighted by molar-refractivity contribution is 5.56. The molecule has 21 heavy (non-hydrogen) atoms. The molecular formula is C15H14F3NO2. The fourth-order valence-electron chi connectivity index (χ4n) is 1.74. The number of hydrogen-bond donors (Lipinski definition) is 1. The number of hydrogen-bond acceptors (Lipinski definition) is 3. The lowest BCUT2D eigenvalue weighted by atomic mass is 10.1. The molecule has 0 atom stereocenters. The first-order valence-corrected chi connectivity index (χ1v) is 6.12. The molecule has 0 saturated carbocycles. The number of ether oxygens (including phenoxy) is 2. The van der Waals surface area contributed by atoms with E-state index in [1.165, 1.54) is 19.2 Å². The van der Waals surface area contributed by atoms with Gasteiger partial charge in [0.15, 0.2) is 0 Å². The van der Waals surface area contributed by atoms with Crippen LogP contribution in [0, 0.1) is 0 Å². The van der Waals surface area contributed by atoms with E-state index >= 15 is 0 Å². The Hall–Kier alpha value is -2.37. The van der Waals surface area contributed by atoms with Crippen molar-refractivity contribution in [3.8, 4) is 11.5 Å². The van der Waals surface area contributed by atoms with E-state index in [2.05, 4.69) is 0 Å².